The molecular formula is C17H18FN5. The molecule has 0 unspecified atom stereocenters. The number of aromatic nitrogens is 4. The molecule has 1 N–H and O–H groups in total. The molecular weight excluding hydrogens is 293 g/mol. The molecule has 5 nitrogen and oxygen atoms in total. The zero-order valence-corrected chi connectivity index (χ0v) is 12.8. The van der Waals surface area contributed by atoms with E-state index in [4.69, 9.17) is 0 Å². The van der Waals surface area contributed by atoms with Crippen LogP contribution in [0.3, 0.4) is 0 Å². The molecule has 2 aromatic rings. The molecule has 118 valence electrons. The monoisotopic (exact) mass is 311 g/mol. The second-order valence-electron chi connectivity index (χ2n) is 6.07. The molecule has 1 fully saturated rings. The first-order valence-electron chi connectivity index (χ1n) is 8.10. The fourth-order valence-corrected chi connectivity index (χ4v) is 3.30. The van der Waals surface area contributed by atoms with Gasteiger partial charge in [0.1, 0.15) is 6.33 Å². The van der Waals surface area contributed by atoms with Gasteiger partial charge in [-0.15, -0.1) is 0 Å². The third-order valence-electron chi connectivity index (χ3n) is 4.52. The maximum atomic E-state index is 14.1. The summed E-state index contributed by atoms with van der Waals surface area (Å²) in [5.41, 5.74) is 2.78. The summed E-state index contributed by atoms with van der Waals surface area (Å²) in [7, 11) is 0. The minimum Gasteiger partial charge on any atom is -0.365 e. The molecule has 0 atom stereocenters. The van der Waals surface area contributed by atoms with Gasteiger partial charge >= 0.3 is 0 Å². The fourth-order valence-electron chi connectivity index (χ4n) is 3.30. The van der Waals surface area contributed by atoms with Gasteiger partial charge in [0.05, 0.1) is 11.9 Å². The van der Waals surface area contributed by atoms with Gasteiger partial charge in [-0.3, -0.25) is 0 Å². The molecule has 0 radical (unpaired) electrons. The van der Waals surface area contributed by atoms with E-state index in [0.717, 1.165) is 36.1 Å². The van der Waals surface area contributed by atoms with Crippen molar-refractivity contribution >= 4 is 11.4 Å². The van der Waals surface area contributed by atoms with Gasteiger partial charge in [0.2, 0.25) is 0 Å². The van der Waals surface area contributed by atoms with Gasteiger partial charge < -0.3 is 5.32 Å². The minimum absolute atomic E-state index is 0.299. The summed E-state index contributed by atoms with van der Waals surface area (Å²) in [6, 6.07) is 0.300. The normalized spacial score (nSPS) is 17.7. The SMILES string of the molecule is Fc1cnc(C2=CCc3ncncc32)nc1NC1CCCCC1. The standard InChI is InChI=1S/C17H18FN5/c18-14-9-20-16(12-6-7-15-13(12)8-19-10-21-15)23-17(14)22-11-4-2-1-3-5-11/h6,8-11H,1-5,7H2,(H,20,22,23). The van der Waals surface area contributed by atoms with Crippen molar-refractivity contribution in [1.82, 2.24) is 19.9 Å². The van der Waals surface area contributed by atoms with Crippen LogP contribution in [0.25, 0.3) is 5.57 Å². The Hall–Kier alpha value is -2.37. The summed E-state index contributed by atoms with van der Waals surface area (Å²) < 4.78 is 14.1. The van der Waals surface area contributed by atoms with Crippen molar-refractivity contribution in [1.29, 1.82) is 0 Å². The zero-order valence-electron chi connectivity index (χ0n) is 12.8. The Morgan fingerprint density at radius 1 is 1.09 bits per heavy atom. The smallest absolute Gasteiger partial charge is 0.183 e. The number of nitrogens with one attached hydrogen (secondary N) is 1. The molecule has 2 aliphatic carbocycles. The van der Waals surface area contributed by atoms with E-state index in [-0.39, 0.29) is 0 Å². The lowest BCUT2D eigenvalue weighted by atomic mass is 9.95. The molecule has 2 aliphatic rings. The van der Waals surface area contributed by atoms with Crippen molar-refractivity contribution in [3.8, 4) is 0 Å². The first-order valence-corrected chi connectivity index (χ1v) is 8.10. The fraction of sp³-hybridized carbons (Fsp3) is 0.412. The number of allylic oxidation sites excluding steroid dienone is 1. The quantitative estimate of drug-likeness (QED) is 0.943. The number of hydrogen-bond donors (Lipinski definition) is 1. The second kappa shape index (κ2) is 6.02. The Kier molecular flexibility index (Phi) is 3.73. The van der Waals surface area contributed by atoms with Gasteiger partial charge in [-0.2, -0.15) is 0 Å². The van der Waals surface area contributed by atoms with E-state index in [1.807, 2.05) is 6.08 Å². The van der Waals surface area contributed by atoms with Crippen LogP contribution in [0.15, 0.2) is 24.8 Å². The molecule has 23 heavy (non-hydrogen) atoms. The molecule has 0 amide bonds. The molecule has 2 aromatic heterocycles. The molecule has 0 spiro atoms. The Morgan fingerprint density at radius 3 is 2.83 bits per heavy atom. The minimum atomic E-state index is -0.401. The molecule has 2 heterocycles. The van der Waals surface area contributed by atoms with Crippen molar-refractivity contribution in [2.75, 3.05) is 5.32 Å². The summed E-state index contributed by atoms with van der Waals surface area (Å²) in [4.78, 5) is 16.9. The van der Waals surface area contributed by atoms with Crippen LogP contribution in [0.2, 0.25) is 0 Å². The maximum Gasteiger partial charge on any atom is 0.183 e. The van der Waals surface area contributed by atoms with E-state index >= 15 is 0 Å². The van der Waals surface area contributed by atoms with E-state index in [1.165, 1.54) is 31.8 Å². The van der Waals surface area contributed by atoms with Crippen LogP contribution in [0.4, 0.5) is 10.2 Å². The average Bonchev–Trinajstić information content (AvgIpc) is 3.02. The number of hydrogen-bond acceptors (Lipinski definition) is 5. The van der Waals surface area contributed by atoms with Crippen LogP contribution in [0.5, 0.6) is 0 Å². The highest BCUT2D eigenvalue weighted by atomic mass is 19.1. The number of nitrogens with zero attached hydrogens (tertiary/aromatic N) is 4. The van der Waals surface area contributed by atoms with Crippen molar-refractivity contribution in [2.24, 2.45) is 0 Å². The first-order chi connectivity index (χ1) is 11.3. The van der Waals surface area contributed by atoms with E-state index in [1.54, 1.807) is 6.20 Å². The molecule has 0 aromatic carbocycles. The lowest BCUT2D eigenvalue weighted by Crippen LogP contribution is -2.23. The van der Waals surface area contributed by atoms with E-state index in [0.29, 0.717) is 17.7 Å². The van der Waals surface area contributed by atoms with E-state index < -0.39 is 5.82 Å². The second-order valence-corrected chi connectivity index (χ2v) is 6.07. The predicted octanol–water partition coefficient (Wildman–Crippen LogP) is 3.14. The number of rotatable bonds is 3. The lowest BCUT2D eigenvalue weighted by Gasteiger charge is -2.23. The lowest BCUT2D eigenvalue weighted by molar-refractivity contribution is 0.459. The van der Waals surface area contributed by atoms with E-state index in [9.17, 15) is 4.39 Å². The highest BCUT2D eigenvalue weighted by Crippen LogP contribution is 2.30. The van der Waals surface area contributed by atoms with Crippen molar-refractivity contribution < 1.29 is 4.39 Å². The summed E-state index contributed by atoms with van der Waals surface area (Å²) >= 11 is 0. The van der Waals surface area contributed by atoms with Crippen molar-refractivity contribution in [3.05, 3.63) is 47.7 Å². The summed E-state index contributed by atoms with van der Waals surface area (Å²) in [5.74, 6) is 0.425. The van der Waals surface area contributed by atoms with Crippen LogP contribution >= 0.6 is 0 Å². The van der Waals surface area contributed by atoms with Gasteiger partial charge in [-0.05, 0) is 12.8 Å². The van der Waals surface area contributed by atoms with Gasteiger partial charge in [0, 0.05) is 29.8 Å². The number of anilines is 1. The molecule has 0 bridgehead atoms. The topological polar surface area (TPSA) is 63.6 Å². The average molecular weight is 311 g/mol. The summed E-state index contributed by atoms with van der Waals surface area (Å²) in [6.07, 6.45) is 13.1. The van der Waals surface area contributed by atoms with Crippen LogP contribution in [0, 0.1) is 5.82 Å². The zero-order chi connectivity index (χ0) is 15.6. The largest absolute Gasteiger partial charge is 0.365 e. The maximum absolute atomic E-state index is 14.1. The Balaban J connectivity index is 1.62. The molecule has 6 heteroatoms. The number of halogens is 1. The van der Waals surface area contributed by atoms with Crippen LogP contribution < -0.4 is 5.32 Å². The Labute approximate surface area is 134 Å². The molecule has 1 saturated carbocycles. The van der Waals surface area contributed by atoms with Crippen LogP contribution in [-0.4, -0.2) is 26.0 Å². The Morgan fingerprint density at radius 2 is 1.96 bits per heavy atom. The third kappa shape index (κ3) is 2.81. The third-order valence-corrected chi connectivity index (χ3v) is 4.52. The Bertz CT molecular complexity index is 752. The van der Waals surface area contributed by atoms with Gasteiger partial charge in [0.25, 0.3) is 0 Å². The highest BCUT2D eigenvalue weighted by molar-refractivity contribution is 5.80. The van der Waals surface area contributed by atoms with Crippen LogP contribution in [0.1, 0.15) is 49.2 Å². The predicted molar refractivity (Wildman–Crippen MR) is 85.3 cm³/mol. The highest BCUT2D eigenvalue weighted by Gasteiger charge is 2.21. The van der Waals surface area contributed by atoms with E-state index in [2.05, 4.69) is 25.3 Å². The van der Waals surface area contributed by atoms with Crippen LogP contribution in [-0.2, 0) is 6.42 Å². The molecule has 0 saturated heterocycles. The number of fused-ring (bicyclic) bond motifs is 1. The van der Waals surface area contributed by atoms with Gasteiger partial charge in [-0.1, -0.05) is 25.3 Å². The first kappa shape index (κ1) is 14.2. The van der Waals surface area contributed by atoms with Crippen molar-refractivity contribution in [3.63, 3.8) is 0 Å². The molecule has 4 rings (SSSR count). The van der Waals surface area contributed by atoms with Gasteiger partial charge in [-0.25, -0.2) is 24.3 Å². The molecule has 0 aliphatic heterocycles. The summed E-state index contributed by atoms with van der Waals surface area (Å²) in [5, 5.41) is 3.25. The van der Waals surface area contributed by atoms with Crippen molar-refractivity contribution in [2.45, 2.75) is 44.6 Å². The summed E-state index contributed by atoms with van der Waals surface area (Å²) in [6.45, 7) is 0. The van der Waals surface area contributed by atoms with Gasteiger partial charge in [0.15, 0.2) is 17.5 Å².